The van der Waals surface area contributed by atoms with Crippen LogP contribution in [-0.2, 0) is 0 Å². The molecular formula is C11H23N3O. The van der Waals surface area contributed by atoms with E-state index >= 15 is 0 Å². The number of carbonyl (C=O) groups excluding carboxylic acids is 1. The van der Waals surface area contributed by atoms with Crippen LogP contribution in [0.15, 0.2) is 0 Å². The molecule has 1 rings (SSSR count). The quantitative estimate of drug-likeness (QED) is 0.746. The maximum Gasteiger partial charge on any atom is 0.319 e. The number of amides is 2. The van der Waals surface area contributed by atoms with Crippen LogP contribution in [0.3, 0.4) is 0 Å². The number of urea groups is 1. The molecule has 1 aliphatic carbocycles. The van der Waals surface area contributed by atoms with Crippen LogP contribution in [0.2, 0.25) is 0 Å². The van der Waals surface area contributed by atoms with Gasteiger partial charge in [0.1, 0.15) is 0 Å². The normalized spacial score (nSPS) is 26.1. The molecular weight excluding hydrogens is 190 g/mol. The van der Waals surface area contributed by atoms with Crippen LogP contribution in [0.25, 0.3) is 0 Å². The molecule has 15 heavy (non-hydrogen) atoms. The van der Waals surface area contributed by atoms with Crippen molar-refractivity contribution in [3.05, 3.63) is 0 Å². The third-order valence-electron chi connectivity index (χ3n) is 3.34. The van der Waals surface area contributed by atoms with E-state index in [1.165, 1.54) is 12.8 Å². The lowest BCUT2D eigenvalue weighted by atomic mass is 9.90. The Morgan fingerprint density at radius 1 is 1.13 bits per heavy atom. The van der Waals surface area contributed by atoms with Gasteiger partial charge in [-0.3, -0.25) is 0 Å². The molecule has 4 heteroatoms. The predicted molar refractivity (Wildman–Crippen MR) is 61.9 cm³/mol. The zero-order valence-electron chi connectivity index (χ0n) is 10.3. The van der Waals surface area contributed by atoms with E-state index in [2.05, 4.69) is 5.32 Å². The lowest BCUT2D eigenvalue weighted by Crippen LogP contribution is -2.46. The van der Waals surface area contributed by atoms with Crippen LogP contribution < -0.4 is 5.32 Å². The van der Waals surface area contributed by atoms with Crippen molar-refractivity contribution in [2.75, 3.05) is 28.2 Å². The molecule has 0 aromatic heterocycles. The summed E-state index contributed by atoms with van der Waals surface area (Å²) in [6, 6.07) is 1.18. The van der Waals surface area contributed by atoms with E-state index in [-0.39, 0.29) is 6.03 Å². The van der Waals surface area contributed by atoms with Crippen molar-refractivity contribution in [3.8, 4) is 0 Å². The molecule has 0 spiro atoms. The minimum atomic E-state index is 0.114. The molecule has 0 unspecified atom stereocenters. The van der Waals surface area contributed by atoms with Crippen molar-refractivity contribution in [3.63, 3.8) is 0 Å². The molecule has 0 aromatic carbocycles. The highest BCUT2D eigenvalue weighted by Crippen LogP contribution is 2.22. The van der Waals surface area contributed by atoms with E-state index in [1.54, 1.807) is 19.0 Å². The molecule has 0 atom stereocenters. The Kier molecular flexibility index (Phi) is 4.39. The molecule has 0 saturated heterocycles. The van der Waals surface area contributed by atoms with E-state index in [9.17, 15) is 4.79 Å². The lowest BCUT2D eigenvalue weighted by Gasteiger charge is -2.35. The second-order valence-electron chi connectivity index (χ2n) is 4.58. The van der Waals surface area contributed by atoms with Crippen molar-refractivity contribution >= 4 is 6.03 Å². The Balaban J connectivity index is 2.42. The maximum atomic E-state index is 11.7. The molecule has 1 fully saturated rings. The summed E-state index contributed by atoms with van der Waals surface area (Å²) in [4.78, 5) is 15.3. The van der Waals surface area contributed by atoms with Crippen LogP contribution in [0.1, 0.15) is 25.7 Å². The van der Waals surface area contributed by atoms with Gasteiger partial charge in [-0.05, 0) is 32.7 Å². The van der Waals surface area contributed by atoms with E-state index in [4.69, 9.17) is 0 Å². The average molecular weight is 213 g/mol. The molecule has 0 aromatic rings. The molecule has 2 amide bonds. The molecule has 1 saturated carbocycles. The highest BCUT2D eigenvalue weighted by Gasteiger charge is 2.26. The van der Waals surface area contributed by atoms with Crippen molar-refractivity contribution in [2.24, 2.45) is 0 Å². The van der Waals surface area contributed by atoms with E-state index in [1.807, 2.05) is 19.0 Å². The van der Waals surface area contributed by atoms with Crippen LogP contribution in [0.4, 0.5) is 4.79 Å². The molecule has 0 radical (unpaired) electrons. The zero-order chi connectivity index (χ0) is 11.4. The first-order valence-electron chi connectivity index (χ1n) is 5.67. The smallest absolute Gasteiger partial charge is 0.319 e. The van der Waals surface area contributed by atoms with Crippen molar-refractivity contribution < 1.29 is 4.79 Å². The fraction of sp³-hybridized carbons (Fsp3) is 0.909. The van der Waals surface area contributed by atoms with Crippen LogP contribution in [0.5, 0.6) is 0 Å². The van der Waals surface area contributed by atoms with Gasteiger partial charge in [0.05, 0.1) is 0 Å². The van der Waals surface area contributed by atoms with E-state index in [0.717, 1.165) is 12.8 Å². The van der Waals surface area contributed by atoms with Gasteiger partial charge >= 0.3 is 6.03 Å². The maximum absolute atomic E-state index is 11.7. The number of rotatable bonds is 2. The number of hydrogen-bond donors (Lipinski definition) is 1. The lowest BCUT2D eigenvalue weighted by molar-refractivity contribution is 0.145. The first-order valence-corrected chi connectivity index (χ1v) is 5.67. The van der Waals surface area contributed by atoms with E-state index in [0.29, 0.717) is 12.1 Å². The summed E-state index contributed by atoms with van der Waals surface area (Å²) in [6.45, 7) is 0. The van der Waals surface area contributed by atoms with Gasteiger partial charge in [0, 0.05) is 33.2 Å². The minimum Gasteiger partial charge on any atom is -0.331 e. The Hall–Kier alpha value is -0.770. The summed E-state index contributed by atoms with van der Waals surface area (Å²) in [5.41, 5.74) is 0. The minimum absolute atomic E-state index is 0.114. The highest BCUT2D eigenvalue weighted by atomic mass is 16.2. The van der Waals surface area contributed by atoms with Crippen molar-refractivity contribution in [1.29, 1.82) is 0 Å². The molecule has 4 nitrogen and oxygen atoms in total. The van der Waals surface area contributed by atoms with Gasteiger partial charge in [-0.2, -0.15) is 0 Å². The molecule has 88 valence electrons. The summed E-state index contributed by atoms with van der Waals surface area (Å²) in [5.74, 6) is 0. The highest BCUT2D eigenvalue weighted by molar-refractivity contribution is 5.73. The van der Waals surface area contributed by atoms with E-state index < -0.39 is 0 Å². The first-order chi connectivity index (χ1) is 7.06. The second kappa shape index (κ2) is 5.35. The number of hydrogen-bond acceptors (Lipinski definition) is 2. The van der Waals surface area contributed by atoms with Gasteiger partial charge in [-0.25, -0.2) is 4.79 Å². The Bertz CT molecular complexity index is 210. The van der Waals surface area contributed by atoms with Gasteiger partial charge in [-0.15, -0.1) is 0 Å². The fourth-order valence-electron chi connectivity index (χ4n) is 2.22. The van der Waals surface area contributed by atoms with Gasteiger partial charge in [0.2, 0.25) is 0 Å². The molecule has 1 N–H and O–H groups in total. The van der Waals surface area contributed by atoms with Gasteiger partial charge in [0.15, 0.2) is 0 Å². The van der Waals surface area contributed by atoms with Crippen LogP contribution in [0, 0.1) is 0 Å². The summed E-state index contributed by atoms with van der Waals surface area (Å²) in [7, 11) is 7.53. The topological polar surface area (TPSA) is 35.6 Å². The Morgan fingerprint density at radius 2 is 1.67 bits per heavy atom. The fourth-order valence-corrected chi connectivity index (χ4v) is 2.22. The first kappa shape index (κ1) is 12.3. The second-order valence-corrected chi connectivity index (χ2v) is 4.58. The van der Waals surface area contributed by atoms with Gasteiger partial charge < -0.3 is 15.1 Å². The van der Waals surface area contributed by atoms with Crippen molar-refractivity contribution in [1.82, 2.24) is 15.1 Å². The summed E-state index contributed by atoms with van der Waals surface area (Å²) < 4.78 is 0. The molecule has 0 bridgehead atoms. The Labute approximate surface area is 92.6 Å². The number of nitrogens with zero attached hydrogens (tertiary/aromatic N) is 2. The monoisotopic (exact) mass is 213 g/mol. The SMILES string of the molecule is CNC1CCC(N(C)C(=O)N(C)C)CC1. The number of carbonyl (C=O) groups is 1. The van der Waals surface area contributed by atoms with Crippen LogP contribution >= 0.6 is 0 Å². The largest absolute Gasteiger partial charge is 0.331 e. The molecule has 1 aliphatic rings. The Morgan fingerprint density at radius 3 is 2.07 bits per heavy atom. The number of nitrogens with one attached hydrogen (secondary N) is 1. The third-order valence-corrected chi connectivity index (χ3v) is 3.34. The summed E-state index contributed by atoms with van der Waals surface area (Å²) >= 11 is 0. The standard InChI is InChI=1S/C11H23N3O/c1-12-9-5-7-10(8-6-9)14(4)11(15)13(2)3/h9-10,12H,5-8H2,1-4H3. The van der Waals surface area contributed by atoms with Crippen molar-refractivity contribution in [2.45, 2.75) is 37.8 Å². The van der Waals surface area contributed by atoms with Gasteiger partial charge in [0.25, 0.3) is 0 Å². The third kappa shape index (κ3) is 3.09. The predicted octanol–water partition coefficient (Wildman–Crippen LogP) is 1.13. The summed E-state index contributed by atoms with van der Waals surface area (Å²) in [6.07, 6.45) is 4.57. The molecule has 0 heterocycles. The zero-order valence-corrected chi connectivity index (χ0v) is 10.3. The molecule has 0 aliphatic heterocycles. The van der Waals surface area contributed by atoms with Crippen LogP contribution in [-0.4, -0.2) is 56.1 Å². The average Bonchev–Trinajstić information content (AvgIpc) is 2.27. The van der Waals surface area contributed by atoms with Gasteiger partial charge in [-0.1, -0.05) is 0 Å². The summed E-state index contributed by atoms with van der Waals surface area (Å²) in [5, 5.41) is 3.30.